The van der Waals surface area contributed by atoms with E-state index in [1.165, 1.54) is 18.2 Å². The highest BCUT2D eigenvalue weighted by molar-refractivity contribution is 7.85. The fraction of sp³-hybridized carbons (Fsp3) is 0.125. The summed E-state index contributed by atoms with van der Waals surface area (Å²) in [5.74, 6) is -0.174. The van der Waals surface area contributed by atoms with Gasteiger partial charge in [-0.15, -0.1) is 12.4 Å². The topological polar surface area (TPSA) is 83.5 Å². The van der Waals surface area contributed by atoms with Crippen LogP contribution in [0.1, 0.15) is 5.56 Å². The van der Waals surface area contributed by atoms with Gasteiger partial charge in [-0.1, -0.05) is 0 Å². The molecule has 1 aromatic rings. The van der Waals surface area contributed by atoms with Crippen LogP contribution in [0.4, 0.5) is 5.69 Å². The monoisotopic (exact) mass is 249 g/mol. The van der Waals surface area contributed by atoms with E-state index in [9.17, 15) is 13.2 Å². The van der Waals surface area contributed by atoms with Gasteiger partial charge in [-0.25, -0.2) is 0 Å². The van der Waals surface area contributed by atoms with E-state index in [4.69, 9.17) is 4.55 Å². The first-order chi connectivity index (χ1) is 6.47. The normalized spacial score (nSPS) is 14.1. The number of anilines is 1. The van der Waals surface area contributed by atoms with Crippen molar-refractivity contribution in [3.8, 4) is 0 Å². The van der Waals surface area contributed by atoms with Gasteiger partial charge in [0.1, 0.15) is 0 Å². The Morgan fingerprint density at radius 1 is 1.33 bits per heavy atom. The molecule has 0 atom stereocenters. The minimum Gasteiger partial charge on any atom is -0.326 e. The van der Waals surface area contributed by atoms with Crippen LogP contribution in [0.5, 0.6) is 0 Å². The maximum atomic E-state index is 10.9. The Balaban J connectivity index is 0.00000112. The van der Waals surface area contributed by atoms with Gasteiger partial charge in [0.2, 0.25) is 5.91 Å². The summed E-state index contributed by atoms with van der Waals surface area (Å²) in [7, 11) is -4.18. The average Bonchev–Trinajstić information content (AvgIpc) is 2.41. The summed E-state index contributed by atoms with van der Waals surface area (Å²) in [5, 5.41) is 2.56. The smallest absolute Gasteiger partial charge is 0.294 e. The highest BCUT2D eigenvalue weighted by atomic mass is 35.5. The first kappa shape index (κ1) is 12.0. The number of carbonyl (C=O) groups excluding carboxylic acids is 1. The Kier molecular flexibility index (Phi) is 3.03. The number of carbonyl (C=O) groups is 1. The minimum absolute atomic E-state index is 0. The van der Waals surface area contributed by atoms with Crippen molar-refractivity contribution in [2.45, 2.75) is 11.3 Å². The quantitative estimate of drug-likeness (QED) is 0.723. The third-order valence-corrected chi connectivity index (χ3v) is 2.85. The number of amides is 1. The predicted octanol–water partition coefficient (Wildman–Crippen LogP) is 0.850. The lowest BCUT2D eigenvalue weighted by Crippen LogP contribution is -2.03. The third-order valence-electron chi connectivity index (χ3n) is 2.00. The second-order valence-electron chi connectivity index (χ2n) is 3.02. The maximum absolute atomic E-state index is 10.9. The van der Waals surface area contributed by atoms with Crippen LogP contribution in [0.25, 0.3) is 0 Å². The summed E-state index contributed by atoms with van der Waals surface area (Å²) < 4.78 is 30.3. The number of benzene rings is 1. The Morgan fingerprint density at radius 2 is 2.00 bits per heavy atom. The highest BCUT2D eigenvalue weighted by Gasteiger charge is 2.20. The number of hydrogen-bond donors (Lipinski definition) is 2. The lowest BCUT2D eigenvalue weighted by molar-refractivity contribution is -0.115. The molecule has 5 nitrogen and oxygen atoms in total. The molecule has 15 heavy (non-hydrogen) atoms. The lowest BCUT2D eigenvalue weighted by atomic mass is 10.2. The number of rotatable bonds is 1. The van der Waals surface area contributed by atoms with Gasteiger partial charge in [0.15, 0.2) is 0 Å². The van der Waals surface area contributed by atoms with E-state index in [1.54, 1.807) is 0 Å². The Hall–Kier alpha value is -1.11. The predicted molar refractivity (Wildman–Crippen MR) is 55.8 cm³/mol. The molecule has 82 valence electrons. The molecule has 1 aromatic carbocycles. The van der Waals surface area contributed by atoms with E-state index in [1.807, 2.05) is 0 Å². The molecule has 0 fully saturated rings. The van der Waals surface area contributed by atoms with Crippen LogP contribution in [0.3, 0.4) is 0 Å². The SMILES string of the molecule is Cl.O=C1Cc2cc(S(=O)(=O)O)ccc2N1. The molecule has 2 N–H and O–H groups in total. The minimum atomic E-state index is -4.18. The van der Waals surface area contributed by atoms with Crippen LogP contribution in [0.2, 0.25) is 0 Å². The van der Waals surface area contributed by atoms with Gasteiger partial charge in [0.05, 0.1) is 11.3 Å². The van der Waals surface area contributed by atoms with Crippen molar-refractivity contribution >= 4 is 34.1 Å². The summed E-state index contributed by atoms with van der Waals surface area (Å²) in [6, 6.07) is 4.01. The second-order valence-corrected chi connectivity index (χ2v) is 4.44. The van der Waals surface area contributed by atoms with E-state index in [-0.39, 0.29) is 29.6 Å². The summed E-state index contributed by atoms with van der Waals surface area (Å²) in [5.41, 5.74) is 1.19. The van der Waals surface area contributed by atoms with Gasteiger partial charge in [-0.2, -0.15) is 8.42 Å². The molecule has 0 aliphatic carbocycles. The molecule has 1 aliphatic heterocycles. The van der Waals surface area contributed by atoms with Crippen molar-refractivity contribution in [1.82, 2.24) is 0 Å². The van der Waals surface area contributed by atoms with Crippen LogP contribution in [0, 0.1) is 0 Å². The van der Waals surface area contributed by atoms with Crippen LogP contribution in [0.15, 0.2) is 23.1 Å². The maximum Gasteiger partial charge on any atom is 0.294 e. The molecule has 0 spiro atoms. The van der Waals surface area contributed by atoms with Gasteiger partial charge in [0.25, 0.3) is 10.1 Å². The molecule has 0 unspecified atom stereocenters. The standard InChI is InChI=1S/C8H7NO4S.ClH/c10-8-4-5-3-6(14(11,12)13)1-2-7(5)9-8;/h1-3H,4H2,(H,9,10)(H,11,12,13);1H. The van der Waals surface area contributed by atoms with Crippen molar-refractivity contribution in [3.63, 3.8) is 0 Å². The van der Waals surface area contributed by atoms with E-state index in [0.717, 1.165) is 0 Å². The Labute approximate surface area is 92.6 Å². The molecular formula is C8H8ClNO4S. The first-order valence-corrected chi connectivity index (χ1v) is 5.31. The van der Waals surface area contributed by atoms with Crippen LogP contribution >= 0.6 is 12.4 Å². The van der Waals surface area contributed by atoms with Crippen LogP contribution < -0.4 is 5.32 Å². The van der Waals surface area contributed by atoms with Crippen molar-refractivity contribution in [3.05, 3.63) is 23.8 Å². The average molecular weight is 250 g/mol. The number of nitrogens with one attached hydrogen (secondary N) is 1. The van der Waals surface area contributed by atoms with Crippen LogP contribution in [-0.2, 0) is 21.3 Å². The summed E-state index contributed by atoms with van der Waals surface area (Å²) >= 11 is 0. The van der Waals surface area contributed by atoms with Gasteiger partial charge < -0.3 is 5.32 Å². The number of hydrogen-bond acceptors (Lipinski definition) is 3. The fourth-order valence-corrected chi connectivity index (χ4v) is 1.90. The molecular weight excluding hydrogens is 242 g/mol. The van der Waals surface area contributed by atoms with E-state index in [2.05, 4.69) is 5.32 Å². The molecule has 2 rings (SSSR count). The van der Waals surface area contributed by atoms with Gasteiger partial charge >= 0.3 is 0 Å². The second kappa shape index (κ2) is 3.80. The molecule has 0 saturated heterocycles. The molecule has 0 bridgehead atoms. The summed E-state index contributed by atoms with van der Waals surface area (Å²) in [6.45, 7) is 0. The number of fused-ring (bicyclic) bond motifs is 1. The van der Waals surface area contributed by atoms with Crippen molar-refractivity contribution < 1.29 is 17.8 Å². The first-order valence-electron chi connectivity index (χ1n) is 3.87. The zero-order valence-electron chi connectivity index (χ0n) is 7.43. The van der Waals surface area contributed by atoms with Gasteiger partial charge in [0, 0.05) is 5.69 Å². The third kappa shape index (κ3) is 2.28. The van der Waals surface area contributed by atoms with Gasteiger partial charge in [-0.05, 0) is 23.8 Å². The largest absolute Gasteiger partial charge is 0.326 e. The Morgan fingerprint density at radius 3 is 2.60 bits per heavy atom. The number of halogens is 1. The molecule has 1 heterocycles. The van der Waals surface area contributed by atoms with Gasteiger partial charge in [-0.3, -0.25) is 9.35 Å². The van der Waals surface area contributed by atoms with Crippen LogP contribution in [-0.4, -0.2) is 18.9 Å². The molecule has 1 amide bonds. The summed E-state index contributed by atoms with van der Waals surface area (Å²) in [6.07, 6.45) is 0.151. The summed E-state index contributed by atoms with van der Waals surface area (Å²) in [4.78, 5) is 10.8. The van der Waals surface area contributed by atoms with Crippen molar-refractivity contribution in [2.24, 2.45) is 0 Å². The molecule has 0 aromatic heterocycles. The lowest BCUT2D eigenvalue weighted by Gasteiger charge is -2.00. The zero-order chi connectivity index (χ0) is 10.3. The molecule has 0 radical (unpaired) electrons. The molecule has 1 aliphatic rings. The van der Waals surface area contributed by atoms with Crippen molar-refractivity contribution in [1.29, 1.82) is 0 Å². The van der Waals surface area contributed by atoms with E-state index >= 15 is 0 Å². The molecule has 7 heteroatoms. The zero-order valence-corrected chi connectivity index (χ0v) is 9.06. The molecule has 0 saturated carbocycles. The van der Waals surface area contributed by atoms with Crippen molar-refractivity contribution in [2.75, 3.05) is 5.32 Å². The Bertz CT molecular complexity index is 511. The fourth-order valence-electron chi connectivity index (χ4n) is 1.37. The van der Waals surface area contributed by atoms with E-state index < -0.39 is 10.1 Å². The van der Waals surface area contributed by atoms with E-state index in [0.29, 0.717) is 11.3 Å². The highest BCUT2D eigenvalue weighted by Crippen LogP contribution is 2.25.